The van der Waals surface area contributed by atoms with Crippen molar-refractivity contribution in [2.75, 3.05) is 37.7 Å². The van der Waals surface area contributed by atoms with Crippen molar-refractivity contribution in [1.82, 2.24) is 14.8 Å². The van der Waals surface area contributed by atoms with Gasteiger partial charge < -0.3 is 4.90 Å². The second-order valence-corrected chi connectivity index (χ2v) is 8.26. The molecule has 6 nitrogen and oxygen atoms in total. The van der Waals surface area contributed by atoms with Crippen LogP contribution in [0, 0.1) is 0 Å². The second-order valence-electron chi connectivity index (χ2n) is 5.95. The molecule has 0 bridgehead atoms. The quantitative estimate of drug-likeness (QED) is 0.809. The number of sulfone groups is 1. The van der Waals surface area contributed by atoms with Gasteiger partial charge in [-0.05, 0) is 30.5 Å². The van der Waals surface area contributed by atoms with Gasteiger partial charge >= 0.3 is 0 Å². The number of carbonyl (C=O) groups excluding carboxylic acids is 1. The van der Waals surface area contributed by atoms with Crippen LogP contribution in [0.15, 0.2) is 24.5 Å². The normalized spacial score (nSPS) is 25.3. The summed E-state index contributed by atoms with van der Waals surface area (Å²) < 4.78 is 22.9. The fourth-order valence-corrected chi connectivity index (χ4v) is 4.46. The maximum absolute atomic E-state index is 12.6. The highest BCUT2D eigenvalue weighted by atomic mass is 32.2. The maximum Gasteiger partial charge on any atom is 0.237 e. The molecular weight excluding hydrogens is 302 g/mol. The lowest BCUT2D eigenvalue weighted by Crippen LogP contribution is -2.46. The average Bonchev–Trinajstić information content (AvgIpc) is 3.00. The number of aromatic nitrogens is 1. The number of hydrogen-bond acceptors (Lipinski definition) is 5. The number of nitrogens with zero attached hydrogens (tertiary/aromatic N) is 3. The molecule has 1 amide bonds. The van der Waals surface area contributed by atoms with E-state index >= 15 is 0 Å². The van der Waals surface area contributed by atoms with Crippen LogP contribution in [0.2, 0.25) is 0 Å². The number of rotatable bonds is 3. The minimum atomic E-state index is -2.90. The molecule has 22 heavy (non-hydrogen) atoms. The minimum absolute atomic E-state index is 0.0959. The summed E-state index contributed by atoms with van der Waals surface area (Å²) in [7, 11) is -2.90. The van der Waals surface area contributed by atoms with E-state index in [4.69, 9.17) is 0 Å². The number of carbonyl (C=O) groups is 1. The van der Waals surface area contributed by atoms with Gasteiger partial charge in [0.1, 0.15) is 0 Å². The molecule has 2 saturated heterocycles. The number of pyridine rings is 1. The van der Waals surface area contributed by atoms with Gasteiger partial charge in [0.05, 0.1) is 24.1 Å². The molecule has 0 radical (unpaired) electrons. The van der Waals surface area contributed by atoms with Gasteiger partial charge in [0, 0.05) is 32.0 Å². The molecule has 3 rings (SSSR count). The van der Waals surface area contributed by atoms with E-state index in [0.717, 1.165) is 24.9 Å². The van der Waals surface area contributed by atoms with Gasteiger partial charge in [0.15, 0.2) is 9.84 Å². The summed E-state index contributed by atoms with van der Waals surface area (Å²) in [6.45, 7) is 2.01. The lowest BCUT2D eigenvalue weighted by Gasteiger charge is -2.30. The molecule has 2 aliphatic rings. The third-order valence-corrected chi connectivity index (χ3v) is 6.07. The Labute approximate surface area is 131 Å². The molecule has 120 valence electrons. The van der Waals surface area contributed by atoms with E-state index in [1.54, 1.807) is 12.4 Å². The maximum atomic E-state index is 12.6. The number of hydrogen-bond donors (Lipinski definition) is 0. The first-order valence-electron chi connectivity index (χ1n) is 7.67. The standard InChI is InChI=1S/C15H21N3O3S/c19-15(12-17-8-10-22(20,21)11-9-17)18-7-1-2-14(18)13-3-5-16-6-4-13/h3-6,14H,1-2,7-12H2/t14-/m1/s1. The highest BCUT2D eigenvalue weighted by Gasteiger charge is 2.31. The van der Waals surface area contributed by atoms with E-state index in [0.29, 0.717) is 19.6 Å². The van der Waals surface area contributed by atoms with Crippen LogP contribution < -0.4 is 0 Å². The molecule has 3 heterocycles. The molecular formula is C15H21N3O3S. The summed E-state index contributed by atoms with van der Waals surface area (Å²) in [5, 5.41) is 0. The molecule has 7 heteroatoms. The molecule has 1 aromatic heterocycles. The van der Waals surface area contributed by atoms with Crippen molar-refractivity contribution < 1.29 is 13.2 Å². The molecule has 0 aromatic carbocycles. The fraction of sp³-hybridized carbons (Fsp3) is 0.600. The summed E-state index contributed by atoms with van der Waals surface area (Å²) in [6.07, 6.45) is 5.49. The molecule has 0 aliphatic carbocycles. The fourth-order valence-electron chi connectivity index (χ4n) is 3.19. The summed E-state index contributed by atoms with van der Waals surface area (Å²) in [5.74, 6) is 0.417. The third kappa shape index (κ3) is 3.47. The van der Waals surface area contributed by atoms with Crippen molar-refractivity contribution in [2.24, 2.45) is 0 Å². The predicted molar refractivity (Wildman–Crippen MR) is 83.0 cm³/mol. The van der Waals surface area contributed by atoms with E-state index in [2.05, 4.69) is 4.98 Å². The van der Waals surface area contributed by atoms with Crippen molar-refractivity contribution in [3.8, 4) is 0 Å². The molecule has 0 saturated carbocycles. The lowest BCUT2D eigenvalue weighted by molar-refractivity contribution is -0.133. The Bertz CT molecular complexity index is 619. The Morgan fingerprint density at radius 2 is 1.86 bits per heavy atom. The van der Waals surface area contributed by atoms with Crippen LogP contribution in [-0.2, 0) is 14.6 Å². The Hall–Kier alpha value is -1.47. The smallest absolute Gasteiger partial charge is 0.237 e. The lowest BCUT2D eigenvalue weighted by atomic mass is 10.1. The molecule has 1 atom stereocenters. The molecule has 0 spiro atoms. The van der Waals surface area contributed by atoms with Crippen molar-refractivity contribution in [2.45, 2.75) is 18.9 Å². The predicted octanol–water partition coefficient (Wildman–Crippen LogP) is 0.476. The summed E-state index contributed by atoms with van der Waals surface area (Å²) in [4.78, 5) is 20.5. The van der Waals surface area contributed by atoms with Crippen LogP contribution in [0.5, 0.6) is 0 Å². The van der Waals surface area contributed by atoms with Gasteiger partial charge in [-0.15, -0.1) is 0 Å². The van der Waals surface area contributed by atoms with E-state index in [9.17, 15) is 13.2 Å². The van der Waals surface area contributed by atoms with E-state index in [-0.39, 0.29) is 23.5 Å². The van der Waals surface area contributed by atoms with Gasteiger partial charge in [-0.3, -0.25) is 14.7 Å². The Kier molecular flexibility index (Phi) is 4.44. The SMILES string of the molecule is O=C(CN1CCS(=O)(=O)CC1)N1CCC[C@@H]1c1ccncc1. The summed E-state index contributed by atoms with van der Waals surface area (Å²) in [6, 6.07) is 4.05. The van der Waals surface area contributed by atoms with Crippen LogP contribution in [0.4, 0.5) is 0 Å². The zero-order valence-electron chi connectivity index (χ0n) is 12.5. The first-order chi connectivity index (χ1) is 10.6. The first-order valence-corrected chi connectivity index (χ1v) is 9.49. The molecule has 2 fully saturated rings. The average molecular weight is 323 g/mol. The summed E-state index contributed by atoms with van der Waals surface area (Å²) >= 11 is 0. The monoisotopic (exact) mass is 323 g/mol. The molecule has 2 aliphatic heterocycles. The molecule has 0 N–H and O–H groups in total. The van der Waals surface area contributed by atoms with Crippen molar-refractivity contribution in [3.05, 3.63) is 30.1 Å². The highest BCUT2D eigenvalue weighted by molar-refractivity contribution is 7.91. The zero-order chi connectivity index (χ0) is 15.6. The van der Waals surface area contributed by atoms with E-state index < -0.39 is 9.84 Å². The van der Waals surface area contributed by atoms with Gasteiger partial charge in [-0.1, -0.05) is 0 Å². The van der Waals surface area contributed by atoms with Gasteiger partial charge in [0.25, 0.3) is 0 Å². The Morgan fingerprint density at radius 1 is 1.18 bits per heavy atom. The second kappa shape index (κ2) is 6.34. The topological polar surface area (TPSA) is 70.6 Å². The van der Waals surface area contributed by atoms with Crippen molar-refractivity contribution >= 4 is 15.7 Å². The van der Waals surface area contributed by atoms with Crippen LogP contribution >= 0.6 is 0 Å². The molecule has 1 aromatic rings. The molecule has 0 unspecified atom stereocenters. The van der Waals surface area contributed by atoms with E-state index in [1.807, 2.05) is 21.9 Å². The van der Waals surface area contributed by atoms with Crippen LogP contribution in [0.25, 0.3) is 0 Å². The first kappa shape index (κ1) is 15.4. The zero-order valence-corrected chi connectivity index (χ0v) is 13.3. The number of amides is 1. The van der Waals surface area contributed by atoms with Gasteiger partial charge in [-0.25, -0.2) is 8.42 Å². The minimum Gasteiger partial charge on any atom is -0.335 e. The third-order valence-electron chi connectivity index (χ3n) is 4.46. The summed E-state index contributed by atoms with van der Waals surface area (Å²) in [5.41, 5.74) is 1.13. The van der Waals surface area contributed by atoms with Crippen LogP contribution in [0.3, 0.4) is 0 Å². The Morgan fingerprint density at radius 3 is 2.55 bits per heavy atom. The largest absolute Gasteiger partial charge is 0.335 e. The van der Waals surface area contributed by atoms with E-state index in [1.165, 1.54) is 0 Å². The van der Waals surface area contributed by atoms with Crippen molar-refractivity contribution in [3.63, 3.8) is 0 Å². The van der Waals surface area contributed by atoms with Gasteiger partial charge in [-0.2, -0.15) is 0 Å². The van der Waals surface area contributed by atoms with Crippen LogP contribution in [-0.4, -0.2) is 66.8 Å². The highest BCUT2D eigenvalue weighted by Crippen LogP contribution is 2.31. The number of likely N-dealkylation sites (tertiary alicyclic amines) is 1. The van der Waals surface area contributed by atoms with Crippen LogP contribution in [0.1, 0.15) is 24.4 Å². The van der Waals surface area contributed by atoms with Crippen molar-refractivity contribution in [1.29, 1.82) is 0 Å². The Balaban J connectivity index is 1.62. The van der Waals surface area contributed by atoms with Gasteiger partial charge in [0.2, 0.25) is 5.91 Å².